The van der Waals surface area contributed by atoms with E-state index in [1.807, 2.05) is 56.3 Å². The molecule has 0 radical (unpaired) electrons. The van der Waals surface area contributed by atoms with E-state index in [1.165, 1.54) is 0 Å². The van der Waals surface area contributed by atoms with E-state index < -0.39 is 9.84 Å². The summed E-state index contributed by atoms with van der Waals surface area (Å²) in [5, 5.41) is 5.07. The fourth-order valence-corrected chi connectivity index (χ4v) is 5.64. The summed E-state index contributed by atoms with van der Waals surface area (Å²) in [5.41, 5.74) is 4.73. The molecular weight excluding hydrogens is 508 g/mol. The number of sulfone groups is 1. The Balaban J connectivity index is 1.38. The lowest BCUT2D eigenvalue weighted by Gasteiger charge is -2.12. The summed E-state index contributed by atoms with van der Waals surface area (Å²) in [6.07, 6.45) is 0.129. The SMILES string of the molecule is CCS(=O)(=O)c1ccc(CNC(=O)c2ccc3c(c2)c2ccccc2n3Cc2ccc(OC(C)C)cc2)cc1. The van der Waals surface area contributed by atoms with Gasteiger partial charge in [0.15, 0.2) is 9.84 Å². The number of nitrogens with zero attached hydrogens (tertiary/aromatic N) is 1. The van der Waals surface area contributed by atoms with Crippen LogP contribution in [0.4, 0.5) is 0 Å². The quantitative estimate of drug-likeness (QED) is 0.236. The predicted molar refractivity (Wildman–Crippen MR) is 156 cm³/mol. The number of ether oxygens (including phenoxy) is 1. The highest BCUT2D eigenvalue weighted by atomic mass is 32.2. The van der Waals surface area contributed by atoms with Gasteiger partial charge < -0.3 is 14.6 Å². The fourth-order valence-electron chi connectivity index (χ4n) is 4.76. The summed E-state index contributed by atoms with van der Waals surface area (Å²) >= 11 is 0. The van der Waals surface area contributed by atoms with E-state index in [4.69, 9.17) is 4.74 Å². The van der Waals surface area contributed by atoms with E-state index >= 15 is 0 Å². The third-order valence-corrected chi connectivity index (χ3v) is 8.54. The van der Waals surface area contributed by atoms with Crippen molar-refractivity contribution in [1.82, 2.24) is 9.88 Å². The molecule has 7 heteroatoms. The van der Waals surface area contributed by atoms with Crippen LogP contribution in [0.15, 0.2) is 95.9 Å². The molecule has 0 saturated carbocycles. The highest BCUT2D eigenvalue weighted by Gasteiger charge is 2.15. The maximum Gasteiger partial charge on any atom is 0.251 e. The Morgan fingerprint density at radius 1 is 0.846 bits per heavy atom. The van der Waals surface area contributed by atoms with E-state index in [0.717, 1.165) is 38.7 Å². The molecule has 1 aromatic heterocycles. The van der Waals surface area contributed by atoms with Gasteiger partial charge in [-0.25, -0.2) is 8.42 Å². The molecule has 0 saturated heterocycles. The molecule has 200 valence electrons. The van der Waals surface area contributed by atoms with Gasteiger partial charge in [-0.2, -0.15) is 0 Å². The molecule has 4 aromatic carbocycles. The van der Waals surface area contributed by atoms with Crippen LogP contribution in [-0.2, 0) is 22.9 Å². The monoisotopic (exact) mass is 540 g/mol. The van der Waals surface area contributed by atoms with Gasteiger partial charge >= 0.3 is 0 Å². The number of hydrogen-bond acceptors (Lipinski definition) is 4. The second kappa shape index (κ2) is 10.9. The maximum absolute atomic E-state index is 13.1. The number of aromatic nitrogens is 1. The first-order chi connectivity index (χ1) is 18.7. The Morgan fingerprint density at radius 3 is 2.21 bits per heavy atom. The zero-order valence-corrected chi connectivity index (χ0v) is 23.2. The van der Waals surface area contributed by atoms with E-state index in [-0.39, 0.29) is 17.8 Å². The molecule has 0 bridgehead atoms. The maximum atomic E-state index is 13.1. The van der Waals surface area contributed by atoms with Gasteiger partial charge in [0.25, 0.3) is 5.91 Å². The Kier molecular flexibility index (Phi) is 7.44. The van der Waals surface area contributed by atoms with Crippen molar-refractivity contribution in [2.75, 3.05) is 5.75 Å². The van der Waals surface area contributed by atoms with Crippen molar-refractivity contribution < 1.29 is 17.9 Å². The molecule has 5 aromatic rings. The van der Waals surface area contributed by atoms with Crippen LogP contribution in [-0.4, -0.2) is 30.7 Å². The van der Waals surface area contributed by atoms with E-state index in [2.05, 4.69) is 34.1 Å². The topological polar surface area (TPSA) is 77.4 Å². The second-order valence-electron chi connectivity index (χ2n) is 9.88. The molecule has 39 heavy (non-hydrogen) atoms. The molecule has 0 aliphatic rings. The van der Waals surface area contributed by atoms with E-state index in [9.17, 15) is 13.2 Å². The van der Waals surface area contributed by atoms with Crippen LogP contribution >= 0.6 is 0 Å². The van der Waals surface area contributed by atoms with Crippen molar-refractivity contribution in [3.63, 3.8) is 0 Å². The Bertz CT molecular complexity index is 1740. The standard InChI is InChI=1S/C32H32N2O4S/c1-4-39(36,37)27-16-11-23(12-17-27)20-33-32(35)25-13-18-31-29(19-25)28-7-5-6-8-30(28)34(31)21-24-9-14-26(15-10-24)38-22(2)3/h5-19,22H,4,20-21H2,1-3H3,(H,33,35). The van der Waals surface area contributed by atoms with Gasteiger partial charge in [0.05, 0.1) is 16.8 Å². The van der Waals surface area contributed by atoms with E-state index in [0.29, 0.717) is 23.5 Å². The molecule has 5 rings (SSSR count). The molecule has 0 aliphatic heterocycles. The summed E-state index contributed by atoms with van der Waals surface area (Å²) in [5.74, 6) is 0.731. The summed E-state index contributed by atoms with van der Waals surface area (Å²) in [4.78, 5) is 13.3. The third kappa shape index (κ3) is 5.68. The zero-order chi connectivity index (χ0) is 27.6. The predicted octanol–water partition coefficient (Wildman–Crippen LogP) is 6.35. The average molecular weight is 541 g/mol. The number of nitrogens with one attached hydrogen (secondary N) is 1. The van der Waals surface area contributed by atoms with E-state index in [1.54, 1.807) is 31.2 Å². The molecule has 0 fully saturated rings. The summed E-state index contributed by atoms with van der Waals surface area (Å²) in [7, 11) is -3.25. The van der Waals surface area contributed by atoms with Crippen molar-refractivity contribution >= 4 is 37.6 Å². The number of hydrogen-bond donors (Lipinski definition) is 1. The first-order valence-electron chi connectivity index (χ1n) is 13.1. The number of benzene rings is 4. The number of carbonyl (C=O) groups excluding carboxylic acids is 1. The van der Waals surface area contributed by atoms with Crippen LogP contribution in [0.25, 0.3) is 21.8 Å². The lowest BCUT2D eigenvalue weighted by molar-refractivity contribution is 0.0951. The first kappa shape index (κ1) is 26.5. The van der Waals surface area contributed by atoms with Crippen LogP contribution in [0.3, 0.4) is 0 Å². The molecule has 0 spiro atoms. The van der Waals surface area contributed by atoms with Crippen molar-refractivity contribution in [2.45, 2.75) is 44.9 Å². The number of amides is 1. The minimum atomic E-state index is -3.25. The van der Waals surface area contributed by atoms with Crippen LogP contribution in [0.5, 0.6) is 5.75 Å². The largest absolute Gasteiger partial charge is 0.491 e. The Labute approximate surface area is 229 Å². The van der Waals surface area contributed by atoms with Gasteiger partial charge in [-0.05, 0) is 73.5 Å². The molecule has 0 unspecified atom stereocenters. The van der Waals surface area contributed by atoms with Crippen molar-refractivity contribution in [1.29, 1.82) is 0 Å². The average Bonchev–Trinajstić information content (AvgIpc) is 3.25. The molecule has 0 atom stereocenters. The summed E-state index contributed by atoms with van der Waals surface area (Å²) in [6.45, 7) is 6.65. The number of rotatable bonds is 9. The highest BCUT2D eigenvalue weighted by Crippen LogP contribution is 2.31. The smallest absolute Gasteiger partial charge is 0.251 e. The number of carbonyl (C=O) groups is 1. The first-order valence-corrected chi connectivity index (χ1v) is 14.8. The normalized spacial score (nSPS) is 11.8. The van der Waals surface area contributed by atoms with Gasteiger partial charge in [0.1, 0.15) is 5.75 Å². The molecule has 1 N–H and O–H groups in total. The van der Waals surface area contributed by atoms with Crippen LogP contribution < -0.4 is 10.1 Å². The molecule has 6 nitrogen and oxygen atoms in total. The molecule has 0 aliphatic carbocycles. The fraction of sp³-hybridized carbons (Fsp3) is 0.219. The second-order valence-corrected chi connectivity index (χ2v) is 12.2. The van der Waals surface area contributed by atoms with Gasteiger partial charge in [0.2, 0.25) is 0 Å². The summed E-state index contributed by atoms with van der Waals surface area (Å²) < 4.78 is 32.1. The van der Waals surface area contributed by atoms with Crippen molar-refractivity contribution in [3.8, 4) is 5.75 Å². The lowest BCUT2D eigenvalue weighted by atomic mass is 10.1. The summed E-state index contributed by atoms with van der Waals surface area (Å²) in [6, 6.07) is 28.9. The van der Waals surface area contributed by atoms with Gasteiger partial charge in [-0.1, -0.05) is 49.4 Å². The minimum absolute atomic E-state index is 0.0570. The van der Waals surface area contributed by atoms with Crippen LogP contribution in [0.1, 0.15) is 42.3 Å². The van der Waals surface area contributed by atoms with Crippen molar-refractivity contribution in [2.24, 2.45) is 0 Å². The third-order valence-electron chi connectivity index (χ3n) is 6.79. The van der Waals surface area contributed by atoms with Gasteiger partial charge in [-0.15, -0.1) is 0 Å². The van der Waals surface area contributed by atoms with Gasteiger partial charge in [-0.3, -0.25) is 4.79 Å². The van der Waals surface area contributed by atoms with Gasteiger partial charge in [0, 0.05) is 40.5 Å². The number of para-hydroxylation sites is 1. The molecule has 1 amide bonds. The molecular formula is C32H32N2O4S. The van der Waals surface area contributed by atoms with Crippen LogP contribution in [0.2, 0.25) is 0 Å². The Hall–Kier alpha value is -4.10. The lowest BCUT2D eigenvalue weighted by Crippen LogP contribution is -2.22. The number of fused-ring (bicyclic) bond motifs is 3. The molecule has 1 heterocycles. The minimum Gasteiger partial charge on any atom is -0.491 e. The Morgan fingerprint density at radius 2 is 1.51 bits per heavy atom. The highest BCUT2D eigenvalue weighted by molar-refractivity contribution is 7.91. The van der Waals surface area contributed by atoms with Crippen LogP contribution in [0, 0.1) is 0 Å². The van der Waals surface area contributed by atoms with Crippen molar-refractivity contribution in [3.05, 3.63) is 108 Å². The zero-order valence-electron chi connectivity index (χ0n) is 22.3.